The van der Waals surface area contributed by atoms with Gasteiger partial charge in [-0.25, -0.2) is 0 Å². The van der Waals surface area contributed by atoms with Gasteiger partial charge < -0.3 is 10.2 Å². The van der Waals surface area contributed by atoms with Crippen LogP contribution in [-0.2, 0) is 4.79 Å². The predicted octanol–water partition coefficient (Wildman–Crippen LogP) is 2.56. The Morgan fingerprint density at radius 2 is 1.83 bits per heavy atom. The van der Waals surface area contributed by atoms with Gasteiger partial charge in [-0.2, -0.15) is 0 Å². The first-order valence-electron chi connectivity index (χ1n) is 7.70. The van der Waals surface area contributed by atoms with Crippen molar-refractivity contribution in [3.63, 3.8) is 0 Å². The van der Waals surface area contributed by atoms with Gasteiger partial charge in [0.25, 0.3) is 0 Å². The van der Waals surface area contributed by atoms with E-state index in [0.717, 1.165) is 25.3 Å². The number of likely N-dealkylation sites (N-methyl/N-ethyl adjacent to an activating group) is 1. The first kappa shape index (κ1) is 13.9. The summed E-state index contributed by atoms with van der Waals surface area (Å²) >= 11 is 0. The molecule has 1 saturated carbocycles. The zero-order valence-corrected chi connectivity index (χ0v) is 12.0. The van der Waals surface area contributed by atoms with Crippen molar-refractivity contribution in [3.8, 4) is 0 Å². The lowest BCUT2D eigenvalue weighted by molar-refractivity contribution is -0.135. The van der Waals surface area contributed by atoms with Crippen LogP contribution in [0, 0.1) is 5.92 Å². The molecule has 18 heavy (non-hydrogen) atoms. The predicted molar refractivity (Wildman–Crippen MR) is 74.4 cm³/mol. The highest BCUT2D eigenvalue weighted by Crippen LogP contribution is 2.27. The fourth-order valence-electron chi connectivity index (χ4n) is 3.50. The van der Waals surface area contributed by atoms with Gasteiger partial charge in [-0.15, -0.1) is 0 Å². The maximum absolute atomic E-state index is 12.5. The van der Waals surface area contributed by atoms with Crippen molar-refractivity contribution < 1.29 is 4.79 Å². The molecule has 0 aromatic rings. The van der Waals surface area contributed by atoms with Crippen molar-refractivity contribution in [2.45, 2.75) is 70.4 Å². The number of nitrogens with one attached hydrogen (secondary N) is 1. The lowest BCUT2D eigenvalue weighted by Gasteiger charge is -2.34. The van der Waals surface area contributed by atoms with Gasteiger partial charge in [-0.05, 0) is 52.0 Å². The van der Waals surface area contributed by atoms with Crippen LogP contribution in [0.3, 0.4) is 0 Å². The van der Waals surface area contributed by atoms with Crippen molar-refractivity contribution in [2.75, 3.05) is 13.6 Å². The normalized spacial score (nSPS) is 31.4. The average molecular weight is 252 g/mol. The van der Waals surface area contributed by atoms with Gasteiger partial charge in [0.2, 0.25) is 5.91 Å². The van der Waals surface area contributed by atoms with E-state index in [1.807, 2.05) is 7.05 Å². The van der Waals surface area contributed by atoms with Crippen LogP contribution in [-0.4, -0.2) is 36.5 Å². The van der Waals surface area contributed by atoms with Crippen molar-refractivity contribution in [3.05, 3.63) is 0 Å². The van der Waals surface area contributed by atoms with E-state index in [9.17, 15) is 4.79 Å². The minimum atomic E-state index is 0.0542. The Hall–Kier alpha value is -0.570. The summed E-state index contributed by atoms with van der Waals surface area (Å²) in [6.07, 6.45) is 10.1. The second-order valence-corrected chi connectivity index (χ2v) is 6.12. The molecular weight excluding hydrogens is 224 g/mol. The summed E-state index contributed by atoms with van der Waals surface area (Å²) in [5.74, 6) is 1.09. The van der Waals surface area contributed by atoms with Crippen LogP contribution in [0.25, 0.3) is 0 Å². The number of hydrogen-bond acceptors (Lipinski definition) is 2. The molecule has 0 bridgehead atoms. The van der Waals surface area contributed by atoms with Crippen LogP contribution in [0.1, 0.15) is 58.3 Å². The van der Waals surface area contributed by atoms with E-state index >= 15 is 0 Å². The summed E-state index contributed by atoms with van der Waals surface area (Å²) < 4.78 is 0. The minimum absolute atomic E-state index is 0.0542. The minimum Gasteiger partial charge on any atom is -0.338 e. The van der Waals surface area contributed by atoms with Gasteiger partial charge in [0.15, 0.2) is 0 Å². The molecule has 2 fully saturated rings. The summed E-state index contributed by atoms with van der Waals surface area (Å²) in [5.41, 5.74) is 0. The average Bonchev–Trinajstić information content (AvgIpc) is 2.53. The number of nitrogens with zero attached hydrogens (tertiary/aromatic N) is 1. The van der Waals surface area contributed by atoms with Crippen molar-refractivity contribution in [1.82, 2.24) is 10.2 Å². The summed E-state index contributed by atoms with van der Waals surface area (Å²) in [7, 11) is 1.91. The van der Waals surface area contributed by atoms with E-state index in [1.54, 1.807) is 0 Å². The fourth-order valence-corrected chi connectivity index (χ4v) is 3.50. The molecule has 2 atom stereocenters. The van der Waals surface area contributed by atoms with E-state index in [4.69, 9.17) is 0 Å². The highest BCUT2D eigenvalue weighted by molar-refractivity contribution is 5.82. The first-order valence-corrected chi connectivity index (χ1v) is 7.70. The standard InChI is InChI=1S/C15H28N2O/c1-12-7-6-10-14(16-2)15(18)17(12)11-13-8-4-3-5-9-13/h12-14,16H,3-11H2,1-2H3. The third-order valence-electron chi connectivity index (χ3n) is 4.76. The molecule has 1 amide bonds. The lowest BCUT2D eigenvalue weighted by Crippen LogP contribution is -2.48. The maximum atomic E-state index is 12.5. The third-order valence-corrected chi connectivity index (χ3v) is 4.76. The van der Waals surface area contributed by atoms with E-state index in [1.165, 1.54) is 38.5 Å². The largest absolute Gasteiger partial charge is 0.338 e. The van der Waals surface area contributed by atoms with Gasteiger partial charge >= 0.3 is 0 Å². The molecule has 3 heteroatoms. The Bertz CT molecular complexity index is 274. The number of amides is 1. The van der Waals surface area contributed by atoms with E-state index in [-0.39, 0.29) is 6.04 Å². The molecule has 0 aromatic heterocycles. The third kappa shape index (κ3) is 3.25. The summed E-state index contributed by atoms with van der Waals surface area (Å²) in [4.78, 5) is 14.7. The highest BCUT2D eigenvalue weighted by atomic mass is 16.2. The molecule has 0 spiro atoms. The monoisotopic (exact) mass is 252 g/mol. The first-order chi connectivity index (χ1) is 8.72. The van der Waals surface area contributed by atoms with Crippen LogP contribution in [0.5, 0.6) is 0 Å². The molecule has 1 aliphatic heterocycles. The van der Waals surface area contributed by atoms with Gasteiger partial charge in [-0.3, -0.25) is 4.79 Å². The molecule has 3 nitrogen and oxygen atoms in total. The van der Waals surface area contributed by atoms with Crippen molar-refractivity contribution in [1.29, 1.82) is 0 Å². The topological polar surface area (TPSA) is 32.3 Å². The molecule has 104 valence electrons. The number of hydrogen-bond donors (Lipinski definition) is 1. The van der Waals surface area contributed by atoms with Crippen LogP contribution >= 0.6 is 0 Å². The van der Waals surface area contributed by atoms with Gasteiger partial charge in [0.1, 0.15) is 0 Å². The molecule has 1 heterocycles. The smallest absolute Gasteiger partial charge is 0.239 e. The lowest BCUT2D eigenvalue weighted by atomic mass is 9.88. The zero-order valence-electron chi connectivity index (χ0n) is 12.0. The number of likely N-dealkylation sites (tertiary alicyclic amines) is 1. The molecule has 2 unspecified atom stereocenters. The Labute approximate surface area is 111 Å². The molecule has 0 radical (unpaired) electrons. The zero-order chi connectivity index (χ0) is 13.0. The Morgan fingerprint density at radius 3 is 2.50 bits per heavy atom. The Morgan fingerprint density at radius 1 is 1.11 bits per heavy atom. The van der Waals surface area contributed by atoms with Crippen LogP contribution in [0.15, 0.2) is 0 Å². The van der Waals surface area contributed by atoms with Crippen LogP contribution in [0.4, 0.5) is 0 Å². The van der Waals surface area contributed by atoms with E-state index < -0.39 is 0 Å². The SMILES string of the molecule is CNC1CCCC(C)N(CC2CCCCC2)C1=O. The molecular formula is C15H28N2O. The molecule has 2 rings (SSSR count). The van der Waals surface area contributed by atoms with Crippen LogP contribution < -0.4 is 5.32 Å². The van der Waals surface area contributed by atoms with Gasteiger partial charge in [-0.1, -0.05) is 19.3 Å². The highest BCUT2D eigenvalue weighted by Gasteiger charge is 2.31. The molecule has 0 aromatic carbocycles. The molecule has 1 saturated heterocycles. The Kier molecular flexibility index (Phi) is 5.04. The second-order valence-electron chi connectivity index (χ2n) is 6.12. The fraction of sp³-hybridized carbons (Fsp3) is 0.933. The van der Waals surface area contributed by atoms with Gasteiger partial charge in [0.05, 0.1) is 6.04 Å². The van der Waals surface area contributed by atoms with E-state index in [2.05, 4.69) is 17.1 Å². The molecule has 1 N–H and O–H groups in total. The van der Waals surface area contributed by atoms with Gasteiger partial charge in [0, 0.05) is 12.6 Å². The quantitative estimate of drug-likeness (QED) is 0.837. The summed E-state index contributed by atoms with van der Waals surface area (Å²) in [6.45, 7) is 3.22. The summed E-state index contributed by atoms with van der Waals surface area (Å²) in [6, 6.07) is 0.483. The van der Waals surface area contributed by atoms with Crippen LogP contribution in [0.2, 0.25) is 0 Å². The summed E-state index contributed by atoms with van der Waals surface area (Å²) in [5, 5.41) is 3.19. The van der Waals surface area contributed by atoms with E-state index in [0.29, 0.717) is 11.9 Å². The number of rotatable bonds is 3. The Balaban J connectivity index is 1.99. The van der Waals surface area contributed by atoms with Crippen molar-refractivity contribution in [2.24, 2.45) is 5.92 Å². The second kappa shape index (κ2) is 6.55. The molecule has 2 aliphatic rings. The molecule has 1 aliphatic carbocycles. The van der Waals surface area contributed by atoms with Crippen molar-refractivity contribution >= 4 is 5.91 Å². The number of carbonyl (C=O) groups excluding carboxylic acids is 1. The maximum Gasteiger partial charge on any atom is 0.239 e. The number of carbonyl (C=O) groups is 1.